The number of benzene rings is 4. The number of amides is 1. The van der Waals surface area contributed by atoms with Gasteiger partial charge in [-0.2, -0.15) is 0 Å². The summed E-state index contributed by atoms with van der Waals surface area (Å²) in [6.45, 7) is 2.34. The van der Waals surface area contributed by atoms with E-state index in [-0.39, 0.29) is 27.5 Å². The molecule has 0 spiro atoms. The molecule has 13 heteroatoms. The van der Waals surface area contributed by atoms with Gasteiger partial charge in [-0.15, -0.1) is 10.2 Å². The number of Topliss-reactive ketones (excluding diaryl/α,β-unsaturated/α-hetero) is 1. The summed E-state index contributed by atoms with van der Waals surface area (Å²) < 4.78 is 6.43. The second kappa shape index (κ2) is 13.8. The lowest BCUT2D eigenvalue weighted by Gasteiger charge is -2.22. The number of non-ortho nitro benzene ring substituents is 1. The van der Waals surface area contributed by atoms with Gasteiger partial charge in [0.05, 0.1) is 16.5 Å². The molecule has 0 saturated carbocycles. The molecule has 0 aliphatic carbocycles. The van der Waals surface area contributed by atoms with Crippen molar-refractivity contribution in [2.24, 2.45) is 0 Å². The highest BCUT2D eigenvalue weighted by Gasteiger charge is 2.48. The third-order valence-corrected chi connectivity index (χ3v) is 9.71. The Labute approximate surface area is 282 Å². The molecule has 6 rings (SSSR count). The Morgan fingerprint density at radius 3 is 2.47 bits per heavy atom. The summed E-state index contributed by atoms with van der Waals surface area (Å²) in [5.41, 5.74) is 3.16. The lowest BCUT2D eigenvalue weighted by atomic mass is 9.95. The number of halogens is 1. The number of hydrogen-bond acceptors (Lipinski definition) is 10. The van der Waals surface area contributed by atoms with Gasteiger partial charge in [0, 0.05) is 28.5 Å². The highest BCUT2D eigenvalue weighted by molar-refractivity contribution is 8.00. The molecule has 2 heterocycles. The lowest BCUT2D eigenvalue weighted by molar-refractivity contribution is -0.384. The summed E-state index contributed by atoms with van der Waals surface area (Å²) >= 11 is 8.47. The number of aliphatic hydroxyl groups is 1. The van der Waals surface area contributed by atoms with E-state index in [4.69, 9.17) is 16.3 Å². The van der Waals surface area contributed by atoms with Crippen LogP contribution in [0.5, 0.6) is 5.75 Å². The van der Waals surface area contributed by atoms with Gasteiger partial charge >= 0.3 is 5.91 Å². The number of aromatic nitrogens is 2. The summed E-state index contributed by atoms with van der Waals surface area (Å²) in [6, 6.07) is 26.1. The van der Waals surface area contributed by atoms with Gasteiger partial charge < -0.3 is 9.84 Å². The number of nitrogens with zero attached hydrogens (tertiary/aromatic N) is 4. The van der Waals surface area contributed by atoms with E-state index < -0.39 is 28.4 Å². The van der Waals surface area contributed by atoms with E-state index in [2.05, 4.69) is 10.2 Å². The molecule has 4 aromatic carbocycles. The molecule has 47 heavy (non-hydrogen) atoms. The third-order valence-electron chi connectivity index (χ3n) is 7.33. The first-order valence-electron chi connectivity index (χ1n) is 14.2. The first-order chi connectivity index (χ1) is 22.7. The maximum Gasteiger partial charge on any atom is 0.301 e. The summed E-state index contributed by atoms with van der Waals surface area (Å²) in [6.07, 6.45) is 0. The number of carbonyl (C=O) groups is 2. The average Bonchev–Trinajstić information content (AvgIpc) is 3.65. The Kier molecular flexibility index (Phi) is 9.34. The number of anilines is 1. The average molecular weight is 685 g/mol. The zero-order valence-corrected chi connectivity index (χ0v) is 27.1. The topological polar surface area (TPSA) is 136 Å². The second-order valence-electron chi connectivity index (χ2n) is 10.6. The van der Waals surface area contributed by atoms with E-state index in [1.54, 1.807) is 42.5 Å². The normalized spacial score (nSPS) is 15.6. The number of ether oxygens (including phenoxy) is 1. The zero-order valence-electron chi connectivity index (χ0n) is 24.7. The van der Waals surface area contributed by atoms with Gasteiger partial charge in [0.15, 0.2) is 4.34 Å². The Bertz CT molecular complexity index is 2010. The zero-order chi connectivity index (χ0) is 33.1. The number of hydrogen-bond donors (Lipinski definition) is 1. The molecule has 1 aliphatic heterocycles. The van der Waals surface area contributed by atoms with Crippen molar-refractivity contribution in [3.63, 3.8) is 0 Å². The van der Waals surface area contributed by atoms with Gasteiger partial charge in [-0.25, -0.2) is 0 Å². The van der Waals surface area contributed by atoms with Gasteiger partial charge in [-0.1, -0.05) is 88.8 Å². The Morgan fingerprint density at radius 1 is 1.00 bits per heavy atom. The second-order valence-corrected chi connectivity index (χ2v) is 13.2. The van der Waals surface area contributed by atoms with Crippen LogP contribution in [0.2, 0.25) is 5.02 Å². The molecule has 5 aromatic rings. The number of nitro benzene ring substituents is 1. The number of ketones is 1. The van der Waals surface area contributed by atoms with Gasteiger partial charge in [0.1, 0.15) is 18.1 Å². The molecule has 1 unspecified atom stereocenters. The number of thioether (sulfide) groups is 1. The minimum absolute atomic E-state index is 0.112. The quantitative estimate of drug-likeness (QED) is 0.0296. The van der Waals surface area contributed by atoms with Gasteiger partial charge in [0.2, 0.25) is 5.13 Å². The molecular formula is C34H25ClN4O6S2. The van der Waals surface area contributed by atoms with Gasteiger partial charge in [-0.3, -0.25) is 24.6 Å². The molecule has 10 nitrogen and oxygen atoms in total. The smallest absolute Gasteiger partial charge is 0.301 e. The van der Waals surface area contributed by atoms with Crippen molar-refractivity contribution in [1.82, 2.24) is 10.2 Å². The Hall–Kier alpha value is -5.04. The fourth-order valence-corrected chi connectivity index (χ4v) is 7.02. The van der Waals surface area contributed by atoms with Crippen molar-refractivity contribution in [3.8, 4) is 5.75 Å². The van der Waals surface area contributed by atoms with Crippen LogP contribution >= 0.6 is 34.7 Å². The number of aryl methyl sites for hydroxylation is 1. The molecule has 1 aliphatic rings. The molecule has 1 atom stereocenters. The van der Waals surface area contributed by atoms with Crippen molar-refractivity contribution >= 4 is 63.0 Å². The van der Waals surface area contributed by atoms with Crippen molar-refractivity contribution in [2.45, 2.75) is 29.7 Å². The lowest BCUT2D eigenvalue weighted by Crippen LogP contribution is -2.29. The molecule has 236 valence electrons. The van der Waals surface area contributed by atoms with Gasteiger partial charge in [-0.05, 0) is 60.0 Å². The van der Waals surface area contributed by atoms with Crippen LogP contribution in [0.25, 0.3) is 5.76 Å². The maximum atomic E-state index is 13.6. The van der Waals surface area contributed by atoms with Crippen molar-refractivity contribution in [3.05, 3.63) is 146 Å². The predicted molar refractivity (Wildman–Crippen MR) is 181 cm³/mol. The molecule has 1 saturated heterocycles. The van der Waals surface area contributed by atoms with E-state index in [9.17, 15) is 24.8 Å². The largest absolute Gasteiger partial charge is 0.507 e. The molecular weight excluding hydrogens is 660 g/mol. The molecule has 0 radical (unpaired) electrons. The van der Waals surface area contributed by atoms with Crippen LogP contribution in [0.1, 0.15) is 33.9 Å². The summed E-state index contributed by atoms with van der Waals surface area (Å²) in [4.78, 5) is 39.4. The van der Waals surface area contributed by atoms with Crippen LogP contribution in [-0.4, -0.2) is 31.9 Å². The van der Waals surface area contributed by atoms with E-state index in [1.165, 1.54) is 30.0 Å². The van der Waals surface area contributed by atoms with Crippen LogP contribution in [0.4, 0.5) is 10.8 Å². The minimum Gasteiger partial charge on any atom is -0.507 e. The first kappa shape index (κ1) is 31.9. The first-order valence-corrected chi connectivity index (χ1v) is 16.4. The van der Waals surface area contributed by atoms with Crippen LogP contribution < -0.4 is 9.64 Å². The molecule has 0 bridgehead atoms. The van der Waals surface area contributed by atoms with Crippen LogP contribution in [0, 0.1) is 17.0 Å². The van der Waals surface area contributed by atoms with Crippen molar-refractivity contribution < 1.29 is 24.4 Å². The van der Waals surface area contributed by atoms with Crippen LogP contribution in [-0.2, 0) is 21.9 Å². The number of nitro groups is 1. The maximum absolute atomic E-state index is 13.6. The third kappa shape index (κ3) is 7.04. The fraction of sp³-hybridized carbons (Fsp3) is 0.118. The molecule has 1 fully saturated rings. The Morgan fingerprint density at radius 2 is 1.74 bits per heavy atom. The fourth-order valence-electron chi connectivity index (χ4n) is 5.07. The number of rotatable bonds is 10. The molecule has 1 aromatic heterocycles. The highest BCUT2D eigenvalue weighted by atomic mass is 35.5. The van der Waals surface area contributed by atoms with E-state index in [1.807, 2.05) is 43.3 Å². The summed E-state index contributed by atoms with van der Waals surface area (Å²) in [5.74, 6) is -1.23. The standard InChI is InChI=1S/C34H25ClN4O6S2/c1-20-4-2-5-22(16-20)18-45-27-14-10-23(11-15-27)30(40)28-29(24-6-3-7-26(17-24)39(43)44)38(32(42)31(28)41)33-36-37-34(47-33)46-19-21-8-12-25(35)13-9-21/h2-17,29,40H,18-19H2,1H3/b30-28+. The van der Waals surface area contributed by atoms with Crippen molar-refractivity contribution in [2.75, 3.05) is 4.90 Å². The minimum atomic E-state index is -1.20. The molecule has 1 N–H and O–H groups in total. The summed E-state index contributed by atoms with van der Waals surface area (Å²) in [5, 5.41) is 32.3. The van der Waals surface area contributed by atoms with Crippen LogP contribution in [0.15, 0.2) is 107 Å². The number of carbonyl (C=O) groups excluding carboxylic acids is 2. The highest BCUT2D eigenvalue weighted by Crippen LogP contribution is 2.44. The van der Waals surface area contributed by atoms with Crippen molar-refractivity contribution in [1.29, 1.82) is 0 Å². The van der Waals surface area contributed by atoms with E-state index >= 15 is 0 Å². The summed E-state index contributed by atoms with van der Waals surface area (Å²) in [7, 11) is 0. The predicted octanol–water partition coefficient (Wildman–Crippen LogP) is 7.91. The van der Waals surface area contributed by atoms with Gasteiger partial charge in [0.25, 0.3) is 11.5 Å². The number of aliphatic hydroxyl groups excluding tert-OH is 1. The molecule has 1 amide bonds. The Balaban J connectivity index is 1.32. The van der Waals surface area contributed by atoms with E-state index in [0.29, 0.717) is 27.5 Å². The monoisotopic (exact) mass is 684 g/mol. The van der Waals surface area contributed by atoms with Crippen LogP contribution in [0.3, 0.4) is 0 Å². The SMILES string of the molecule is Cc1cccc(COc2ccc(/C(O)=C3\C(=O)C(=O)N(c4nnc(SCc5ccc(Cl)cc5)s4)C3c3cccc([N+](=O)[O-])c3)cc2)c1. The van der Waals surface area contributed by atoms with E-state index in [0.717, 1.165) is 32.9 Å².